The minimum Gasteiger partial charge on any atom is -0.495 e. The summed E-state index contributed by atoms with van der Waals surface area (Å²) in [6, 6.07) is 8.73. The monoisotopic (exact) mass is 402 g/mol. The number of ether oxygens (including phenoxy) is 1. The third-order valence-electron chi connectivity index (χ3n) is 3.17. The largest absolute Gasteiger partial charge is 0.495 e. The lowest BCUT2D eigenvalue weighted by molar-refractivity contribution is 0.102. The van der Waals surface area contributed by atoms with Crippen molar-refractivity contribution in [2.45, 2.75) is 11.8 Å². The summed E-state index contributed by atoms with van der Waals surface area (Å²) in [6.07, 6.45) is 0. The van der Waals surface area contributed by atoms with Crippen molar-refractivity contribution < 1.29 is 17.9 Å². The van der Waals surface area contributed by atoms with Gasteiger partial charge in [-0.3, -0.25) is 4.79 Å². The van der Waals surface area contributed by atoms with Gasteiger partial charge >= 0.3 is 0 Å². The summed E-state index contributed by atoms with van der Waals surface area (Å²) in [7, 11) is -2.44. The van der Waals surface area contributed by atoms with E-state index >= 15 is 0 Å². The minimum absolute atomic E-state index is 0.117. The van der Waals surface area contributed by atoms with Crippen LogP contribution in [0.5, 0.6) is 5.75 Å². The molecule has 0 aliphatic heterocycles. The molecule has 0 aromatic heterocycles. The van der Waals surface area contributed by atoms with E-state index in [1.54, 1.807) is 6.92 Å². The Morgan fingerprint density at radius 1 is 1.12 bits per heavy atom. The summed E-state index contributed by atoms with van der Waals surface area (Å²) in [5.41, 5.74) is 0.544. The van der Waals surface area contributed by atoms with Crippen LogP contribution in [-0.2, 0) is 10.0 Å². The SMILES string of the molecule is CCNS(=O)(=O)c1cc(C(=O)Nc2cc(Cl)cc(Cl)c2)ccc1OC. The van der Waals surface area contributed by atoms with E-state index in [0.29, 0.717) is 15.7 Å². The van der Waals surface area contributed by atoms with Crippen molar-refractivity contribution in [3.8, 4) is 5.75 Å². The lowest BCUT2D eigenvalue weighted by Crippen LogP contribution is -2.24. The summed E-state index contributed by atoms with van der Waals surface area (Å²) in [5.74, 6) is -0.364. The van der Waals surface area contributed by atoms with Crippen molar-refractivity contribution in [2.24, 2.45) is 0 Å². The van der Waals surface area contributed by atoms with Crippen molar-refractivity contribution in [3.05, 3.63) is 52.0 Å². The number of hydrogen-bond acceptors (Lipinski definition) is 4. The van der Waals surface area contributed by atoms with Crippen LogP contribution in [0.4, 0.5) is 5.69 Å². The number of halogens is 2. The highest BCUT2D eigenvalue weighted by atomic mass is 35.5. The van der Waals surface area contributed by atoms with E-state index in [9.17, 15) is 13.2 Å². The first-order valence-corrected chi connectivity index (χ1v) is 9.46. The molecule has 9 heteroatoms. The van der Waals surface area contributed by atoms with Crippen molar-refractivity contribution in [2.75, 3.05) is 19.0 Å². The van der Waals surface area contributed by atoms with Crippen molar-refractivity contribution in [1.29, 1.82) is 0 Å². The molecule has 2 aromatic rings. The smallest absolute Gasteiger partial charge is 0.255 e. The molecule has 1 amide bonds. The fourth-order valence-electron chi connectivity index (χ4n) is 2.12. The number of carbonyl (C=O) groups excluding carboxylic acids is 1. The molecule has 0 spiro atoms. The topological polar surface area (TPSA) is 84.5 Å². The van der Waals surface area contributed by atoms with Gasteiger partial charge in [0.2, 0.25) is 10.0 Å². The van der Waals surface area contributed by atoms with Gasteiger partial charge in [-0.1, -0.05) is 30.1 Å². The molecule has 0 atom stereocenters. The Balaban J connectivity index is 2.37. The number of nitrogens with one attached hydrogen (secondary N) is 2. The zero-order valence-electron chi connectivity index (χ0n) is 13.5. The van der Waals surface area contributed by atoms with Gasteiger partial charge in [0, 0.05) is 27.8 Å². The Labute approximate surface area is 156 Å². The molecule has 25 heavy (non-hydrogen) atoms. The molecule has 0 unspecified atom stereocenters. The second-order valence-electron chi connectivity index (χ2n) is 4.98. The molecule has 0 saturated carbocycles. The quantitative estimate of drug-likeness (QED) is 0.773. The van der Waals surface area contributed by atoms with Crippen LogP contribution in [-0.4, -0.2) is 28.0 Å². The summed E-state index contributed by atoms with van der Waals surface area (Å²) in [5, 5.41) is 3.36. The molecular formula is C16H16Cl2N2O4S. The van der Waals surface area contributed by atoms with E-state index < -0.39 is 15.9 Å². The fraction of sp³-hybridized carbons (Fsp3) is 0.188. The van der Waals surface area contributed by atoms with Gasteiger partial charge in [-0.15, -0.1) is 0 Å². The molecule has 134 valence electrons. The lowest BCUT2D eigenvalue weighted by atomic mass is 10.2. The van der Waals surface area contributed by atoms with Crippen molar-refractivity contribution in [1.82, 2.24) is 4.72 Å². The van der Waals surface area contributed by atoms with Crippen LogP contribution in [0.1, 0.15) is 17.3 Å². The van der Waals surface area contributed by atoms with Gasteiger partial charge in [-0.2, -0.15) is 0 Å². The zero-order chi connectivity index (χ0) is 18.6. The molecule has 0 bridgehead atoms. The average Bonchev–Trinajstić information content (AvgIpc) is 2.53. The molecule has 0 saturated heterocycles. The average molecular weight is 403 g/mol. The van der Waals surface area contributed by atoms with Crippen molar-refractivity contribution in [3.63, 3.8) is 0 Å². The highest BCUT2D eigenvalue weighted by Crippen LogP contribution is 2.26. The van der Waals surface area contributed by atoms with Crippen LogP contribution in [0.2, 0.25) is 10.0 Å². The van der Waals surface area contributed by atoms with Crippen LogP contribution in [0, 0.1) is 0 Å². The highest BCUT2D eigenvalue weighted by molar-refractivity contribution is 7.89. The highest BCUT2D eigenvalue weighted by Gasteiger charge is 2.21. The number of benzene rings is 2. The molecule has 2 aromatic carbocycles. The van der Waals surface area contributed by atoms with E-state index in [2.05, 4.69) is 10.0 Å². The Morgan fingerprint density at radius 2 is 1.76 bits per heavy atom. The first-order valence-electron chi connectivity index (χ1n) is 7.22. The Morgan fingerprint density at radius 3 is 2.32 bits per heavy atom. The fourth-order valence-corrected chi connectivity index (χ4v) is 3.88. The third kappa shape index (κ3) is 4.85. The molecular weight excluding hydrogens is 387 g/mol. The predicted molar refractivity (Wildman–Crippen MR) is 98.3 cm³/mol. The summed E-state index contributed by atoms with van der Waals surface area (Å²) >= 11 is 11.8. The van der Waals surface area contributed by atoms with Gasteiger partial charge in [0.05, 0.1) is 7.11 Å². The second-order valence-corrected chi connectivity index (χ2v) is 7.59. The zero-order valence-corrected chi connectivity index (χ0v) is 15.8. The maximum absolute atomic E-state index is 12.4. The number of sulfonamides is 1. The maximum atomic E-state index is 12.4. The van der Waals surface area contributed by atoms with Crippen LogP contribution in [0.3, 0.4) is 0 Å². The third-order valence-corrected chi connectivity index (χ3v) is 5.17. The standard InChI is InChI=1S/C16H16Cl2N2O4S/c1-3-19-25(22,23)15-6-10(4-5-14(15)24-2)16(21)20-13-8-11(17)7-12(18)9-13/h4-9,19H,3H2,1-2H3,(H,20,21). The number of rotatable bonds is 6. The van der Waals surface area contributed by atoms with Crippen LogP contribution >= 0.6 is 23.2 Å². The first-order chi connectivity index (χ1) is 11.8. The maximum Gasteiger partial charge on any atom is 0.255 e. The van der Waals surface area contributed by atoms with E-state index in [-0.39, 0.29) is 22.8 Å². The van der Waals surface area contributed by atoms with Gasteiger partial charge in [-0.05, 0) is 36.4 Å². The van der Waals surface area contributed by atoms with Gasteiger partial charge in [-0.25, -0.2) is 13.1 Å². The van der Waals surface area contributed by atoms with Gasteiger partial charge < -0.3 is 10.1 Å². The minimum atomic E-state index is -3.79. The molecule has 0 aliphatic rings. The van der Waals surface area contributed by atoms with Gasteiger partial charge in [0.15, 0.2) is 0 Å². The summed E-state index contributed by atoms with van der Waals surface area (Å²) in [6.45, 7) is 1.87. The van der Waals surface area contributed by atoms with Crippen molar-refractivity contribution >= 4 is 44.8 Å². The normalized spacial score (nSPS) is 11.2. The Hall–Kier alpha value is -1.80. The Kier molecular flexibility index (Phi) is 6.29. The predicted octanol–water partition coefficient (Wildman–Crippen LogP) is 3.55. The van der Waals surface area contributed by atoms with E-state index in [0.717, 1.165) is 0 Å². The molecule has 6 nitrogen and oxygen atoms in total. The molecule has 0 radical (unpaired) electrons. The number of carbonyl (C=O) groups is 1. The number of amides is 1. The van der Waals surface area contributed by atoms with E-state index in [4.69, 9.17) is 27.9 Å². The summed E-state index contributed by atoms with van der Waals surface area (Å²) in [4.78, 5) is 12.3. The van der Waals surface area contributed by atoms with Crippen LogP contribution < -0.4 is 14.8 Å². The number of methoxy groups -OCH3 is 1. The van der Waals surface area contributed by atoms with Crippen LogP contribution in [0.15, 0.2) is 41.3 Å². The first kappa shape index (κ1) is 19.5. The number of hydrogen-bond donors (Lipinski definition) is 2. The lowest BCUT2D eigenvalue weighted by Gasteiger charge is -2.12. The Bertz CT molecular complexity index is 881. The van der Waals surface area contributed by atoms with E-state index in [1.807, 2.05) is 0 Å². The second kappa shape index (κ2) is 8.05. The van der Waals surface area contributed by atoms with Crippen LogP contribution in [0.25, 0.3) is 0 Å². The van der Waals surface area contributed by atoms with E-state index in [1.165, 1.54) is 43.5 Å². The number of anilines is 1. The molecule has 2 rings (SSSR count). The molecule has 2 N–H and O–H groups in total. The molecule has 0 heterocycles. The van der Waals surface area contributed by atoms with Gasteiger partial charge in [0.25, 0.3) is 5.91 Å². The van der Waals surface area contributed by atoms with Gasteiger partial charge in [0.1, 0.15) is 10.6 Å². The summed E-state index contributed by atoms with van der Waals surface area (Å²) < 4.78 is 32.0. The molecule has 0 fully saturated rings. The molecule has 0 aliphatic carbocycles.